The molecule has 2 atom stereocenters. The van der Waals surface area contributed by atoms with Gasteiger partial charge in [0.25, 0.3) is 11.8 Å². The number of carbonyl (C=O) groups excluding carboxylic acids is 4. The summed E-state index contributed by atoms with van der Waals surface area (Å²) in [6, 6.07) is 25.0. The number of allylic oxidation sites excluding steroid dienone is 1. The van der Waals surface area contributed by atoms with Crippen LogP contribution in [0.1, 0.15) is 81.9 Å². The van der Waals surface area contributed by atoms with Gasteiger partial charge in [-0.3, -0.25) is 14.4 Å². The molecule has 0 aliphatic heterocycles. The van der Waals surface area contributed by atoms with Gasteiger partial charge in [0.1, 0.15) is 34.9 Å². The zero-order valence-corrected chi connectivity index (χ0v) is 37.9. The van der Waals surface area contributed by atoms with Gasteiger partial charge in [0.15, 0.2) is 0 Å². The summed E-state index contributed by atoms with van der Waals surface area (Å²) in [7, 11) is -2.45. The molecule has 1 aromatic heterocycles. The van der Waals surface area contributed by atoms with Gasteiger partial charge in [-0.1, -0.05) is 88.0 Å². The molecule has 64 heavy (non-hydrogen) atoms. The number of ether oxygens (including phenoxy) is 3. The Hall–Kier alpha value is -7.00. The van der Waals surface area contributed by atoms with Crippen molar-refractivity contribution in [2.45, 2.75) is 72.1 Å². The number of amides is 4. The Bertz CT molecular complexity index is 2650. The van der Waals surface area contributed by atoms with Gasteiger partial charge in [0, 0.05) is 28.6 Å². The highest BCUT2D eigenvalue weighted by Gasteiger charge is 2.37. The number of fused-ring (bicyclic) bond motifs is 1. The molecule has 0 bridgehead atoms. The molecule has 0 saturated carbocycles. The van der Waals surface area contributed by atoms with E-state index in [0.717, 1.165) is 5.56 Å². The van der Waals surface area contributed by atoms with E-state index in [2.05, 4.69) is 33.8 Å². The van der Waals surface area contributed by atoms with Gasteiger partial charge in [-0.2, -0.15) is 0 Å². The monoisotopic (exact) mass is 889 g/mol. The first-order valence-electron chi connectivity index (χ1n) is 20.6. The third kappa shape index (κ3) is 12.8. The molecule has 0 aliphatic rings. The zero-order chi connectivity index (χ0) is 46.8. The minimum absolute atomic E-state index is 0.0240. The van der Waals surface area contributed by atoms with Crippen LogP contribution < -0.4 is 30.1 Å². The first-order chi connectivity index (χ1) is 30.2. The number of methoxy groups -OCH3 is 1. The molecule has 0 radical (unpaired) electrons. The van der Waals surface area contributed by atoms with Crippen LogP contribution in [0.15, 0.2) is 116 Å². The number of pyridine rings is 1. The van der Waals surface area contributed by atoms with E-state index in [1.54, 1.807) is 85.1 Å². The van der Waals surface area contributed by atoms with Gasteiger partial charge in [-0.25, -0.2) is 22.9 Å². The number of anilines is 1. The summed E-state index contributed by atoms with van der Waals surface area (Å²) in [6.45, 7) is 17.9. The van der Waals surface area contributed by atoms with Crippen molar-refractivity contribution in [1.82, 2.24) is 20.3 Å². The summed E-state index contributed by atoms with van der Waals surface area (Å²) >= 11 is 0. The standard InChI is InChI=1S/C49H55N5O9S/c1-10-12-18-27-64(59,60)54-44(55)36-21-16-17-22-37(36)51-45(56)42(52-46(57)43(48(3,4)5)53-47(58)63-49(6,7)8)33-23-26-40(31(11-2)28-33)62-41-30-38(32-19-14-13-15-20-32)50-39-29-34(61-9)24-25-35(39)41/h10-11,13-17,19-26,28-30,42-43H,1-2,12,18,27H2,3-9H3,(H,51,56)(H,52,57)(H,53,58)(H,54,55)/t42-,43-/m1/s1. The molecule has 15 heteroatoms. The van der Waals surface area contributed by atoms with Crippen LogP contribution in [0.4, 0.5) is 10.5 Å². The Balaban J connectivity index is 1.55. The Morgan fingerprint density at radius 3 is 2.17 bits per heavy atom. The Kier molecular flexibility index (Phi) is 15.4. The highest BCUT2D eigenvalue weighted by atomic mass is 32.2. The van der Waals surface area contributed by atoms with Crippen LogP contribution >= 0.6 is 0 Å². The number of aromatic nitrogens is 1. The van der Waals surface area contributed by atoms with Gasteiger partial charge < -0.3 is 30.2 Å². The second-order valence-corrected chi connectivity index (χ2v) is 18.8. The molecule has 336 valence electrons. The molecular formula is C49H55N5O9S. The summed E-state index contributed by atoms with van der Waals surface area (Å²) in [4.78, 5) is 60.1. The predicted molar refractivity (Wildman–Crippen MR) is 250 cm³/mol. The number of hydrogen-bond donors (Lipinski definition) is 4. The number of alkyl carbamates (subject to hydrolysis) is 1. The minimum atomic E-state index is -4.03. The van der Waals surface area contributed by atoms with Crippen LogP contribution in [-0.2, 0) is 24.3 Å². The number of hydrogen-bond acceptors (Lipinski definition) is 10. The van der Waals surface area contributed by atoms with Crippen molar-refractivity contribution in [2.24, 2.45) is 5.41 Å². The van der Waals surface area contributed by atoms with Crippen molar-refractivity contribution in [1.29, 1.82) is 0 Å². The van der Waals surface area contributed by atoms with Gasteiger partial charge in [-0.15, -0.1) is 6.58 Å². The molecule has 5 aromatic rings. The summed E-state index contributed by atoms with van der Waals surface area (Å²) in [5.74, 6) is -1.34. The molecule has 0 saturated heterocycles. The zero-order valence-electron chi connectivity index (χ0n) is 37.1. The smallest absolute Gasteiger partial charge is 0.408 e. The van der Waals surface area contributed by atoms with Gasteiger partial charge >= 0.3 is 6.09 Å². The number of nitrogens with one attached hydrogen (secondary N) is 4. The number of carbonyl (C=O) groups is 4. The van der Waals surface area contributed by atoms with Crippen LogP contribution in [0.25, 0.3) is 28.2 Å². The highest BCUT2D eigenvalue weighted by Crippen LogP contribution is 2.37. The van der Waals surface area contributed by atoms with Crippen molar-refractivity contribution in [2.75, 3.05) is 18.2 Å². The van der Waals surface area contributed by atoms with Crippen LogP contribution in [0.2, 0.25) is 0 Å². The molecule has 14 nitrogen and oxygen atoms in total. The van der Waals surface area contributed by atoms with E-state index in [4.69, 9.17) is 19.2 Å². The van der Waals surface area contributed by atoms with Crippen molar-refractivity contribution in [3.8, 4) is 28.5 Å². The number of nitrogens with zero attached hydrogens (tertiary/aromatic N) is 1. The number of unbranched alkanes of at least 4 members (excludes halogenated alkanes) is 1. The lowest BCUT2D eigenvalue weighted by molar-refractivity contribution is -0.129. The lowest BCUT2D eigenvalue weighted by atomic mass is 9.86. The molecule has 0 fully saturated rings. The van der Waals surface area contributed by atoms with Crippen LogP contribution in [-0.4, -0.2) is 61.7 Å². The Morgan fingerprint density at radius 1 is 0.812 bits per heavy atom. The molecule has 0 aliphatic carbocycles. The maximum Gasteiger partial charge on any atom is 0.408 e. The molecular weight excluding hydrogens is 835 g/mol. The SMILES string of the molecule is C=CCCCS(=O)(=O)NC(=O)c1ccccc1NC(=O)[C@H](NC(=O)[C@@H](NC(=O)OC(C)(C)C)C(C)(C)C)c1ccc(Oc2cc(-c3ccccc3)nc3cc(OC)ccc23)c(C=C)c1. The maximum absolute atomic E-state index is 14.5. The van der Waals surface area contributed by atoms with Gasteiger partial charge in [0.2, 0.25) is 15.9 Å². The summed E-state index contributed by atoms with van der Waals surface area (Å²) in [5.41, 5.74) is 0.969. The van der Waals surface area contributed by atoms with E-state index in [9.17, 15) is 27.6 Å². The summed E-state index contributed by atoms with van der Waals surface area (Å²) in [6.07, 6.45) is 2.97. The molecule has 4 N–H and O–H groups in total. The lowest BCUT2D eigenvalue weighted by Gasteiger charge is -2.32. The summed E-state index contributed by atoms with van der Waals surface area (Å²) in [5, 5.41) is 8.87. The second-order valence-electron chi connectivity index (χ2n) is 17.0. The second kappa shape index (κ2) is 20.5. The average Bonchev–Trinajstić information content (AvgIpc) is 3.23. The molecule has 4 amide bonds. The molecule has 0 unspecified atom stereocenters. The van der Waals surface area contributed by atoms with Crippen molar-refractivity contribution in [3.63, 3.8) is 0 Å². The van der Waals surface area contributed by atoms with Crippen molar-refractivity contribution < 1.29 is 41.8 Å². The number of para-hydroxylation sites is 1. The molecule has 0 spiro atoms. The number of benzene rings is 4. The Morgan fingerprint density at radius 2 is 1.52 bits per heavy atom. The normalized spacial score (nSPS) is 12.5. The fraction of sp³-hybridized carbons (Fsp3) is 0.286. The van der Waals surface area contributed by atoms with E-state index in [0.29, 0.717) is 45.8 Å². The largest absolute Gasteiger partial charge is 0.497 e. The topological polar surface area (TPSA) is 191 Å². The van der Waals surface area contributed by atoms with Gasteiger partial charge in [-0.05, 0) is 81.0 Å². The predicted octanol–water partition coefficient (Wildman–Crippen LogP) is 9.11. The fourth-order valence-electron chi connectivity index (χ4n) is 6.55. The highest BCUT2D eigenvalue weighted by molar-refractivity contribution is 7.90. The van der Waals surface area contributed by atoms with E-state index in [1.165, 1.54) is 24.3 Å². The van der Waals surface area contributed by atoms with E-state index in [1.807, 2.05) is 48.5 Å². The molecule has 5 rings (SSSR count). The lowest BCUT2D eigenvalue weighted by Crippen LogP contribution is -2.55. The Labute approximate surface area is 374 Å². The van der Waals surface area contributed by atoms with E-state index < -0.39 is 56.9 Å². The number of sulfonamides is 1. The number of rotatable bonds is 17. The van der Waals surface area contributed by atoms with Crippen LogP contribution in [0, 0.1) is 5.41 Å². The molecule has 4 aromatic carbocycles. The summed E-state index contributed by atoms with van der Waals surface area (Å²) < 4.78 is 45.1. The third-order valence-corrected chi connectivity index (χ3v) is 11.0. The quantitative estimate of drug-likeness (QED) is 0.0517. The van der Waals surface area contributed by atoms with E-state index >= 15 is 0 Å². The van der Waals surface area contributed by atoms with Crippen molar-refractivity contribution >= 4 is 56.5 Å². The third-order valence-electron chi connectivity index (χ3n) is 9.69. The first-order valence-corrected chi connectivity index (χ1v) is 22.2. The fourth-order valence-corrected chi connectivity index (χ4v) is 7.59. The minimum Gasteiger partial charge on any atom is -0.497 e. The first kappa shape index (κ1) is 48.0. The van der Waals surface area contributed by atoms with Gasteiger partial charge in [0.05, 0.1) is 35.3 Å². The van der Waals surface area contributed by atoms with Crippen LogP contribution in [0.3, 0.4) is 0 Å². The maximum atomic E-state index is 14.5. The van der Waals surface area contributed by atoms with E-state index in [-0.39, 0.29) is 29.0 Å². The van der Waals surface area contributed by atoms with Crippen LogP contribution in [0.5, 0.6) is 17.2 Å². The van der Waals surface area contributed by atoms with Crippen molar-refractivity contribution in [3.05, 3.63) is 133 Å². The average molecular weight is 890 g/mol. The molecule has 1 heterocycles.